The van der Waals surface area contributed by atoms with Crippen molar-refractivity contribution < 1.29 is 18.3 Å². The third-order valence-electron chi connectivity index (χ3n) is 3.32. The van der Waals surface area contributed by atoms with E-state index in [2.05, 4.69) is 5.32 Å². The van der Waals surface area contributed by atoms with Crippen molar-refractivity contribution in [2.45, 2.75) is 6.61 Å². The molecule has 2 aromatic rings. The van der Waals surface area contributed by atoms with Crippen molar-refractivity contribution in [3.8, 4) is 5.75 Å². The smallest absolute Gasteiger partial charge is 0.276 e. The number of nitrogens with zero attached hydrogens (tertiary/aromatic N) is 1. The van der Waals surface area contributed by atoms with Gasteiger partial charge in [-0.3, -0.25) is 9.69 Å². The number of furan rings is 1. The molecule has 0 unspecified atom stereocenters. The van der Waals surface area contributed by atoms with Crippen LogP contribution in [0.4, 0.5) is 4.39 Å². The van der Waals surface area contributed by atoms with Crippen molar-refractivity contribution >= 4 is 40.9 Å². The van der Waals surface area contributed by atoms with E-state index in [9.17, 15) is 9.18 Å². The third kappa shape index (κ3) is 3.42. The van der Waals surface area contributed by atoms with Gasteiger partial charge in [-0.25, -0.2) is 4.39 Å². The molecular formula is C16H12ClFN2O3S. The molecule has 1 saturated heterocycles. The van der Waals surface area contributed by atoms with Crippen LogP contribution in [-0.4, -0.2) is 23.0 Å². The first-order chi connectivity index (χ1) is 11.4. The van der Waals surface area contributed by atoms with Gasteiger partial charge in [0, 0.05) is 19.2 Å². The maximum atomic E-state index is 13.1. The number of rotatable bonds is 4. The van der Waals surface area contributed by atoms with Crippen LogP contribution in [0.15, 0.2) is 40.4 Å². The van der Waals surface area contributed by atoms with Crippen LogP contribution in [-0.2, 0) is 11.4 Å². The van der Waals surface area contributed by atoms with Gasteiger partial charge < -0.3 is 14.5 Å². The van der Waals surface area contributed by atoms with Crippen LogP contribution in [0.25, 0.3) is 6.08 Å². The Morgan fingerprint density at radius 2 is 2.21 bits per heavy atom. The maximum absolute atomic E-state index is 13.1. The first-order valence-electron chi connectivity index (χ1n) is 6.91. The van der Waals surface area contributed by atoms with Gasteiger partial charge in [0.25, 0.3) is 5.91 Å². The van der Waals surface area contributed by atoms with E-state index in [4.69, 9.17) is 33.0 Å². The quantitative estimate of drug-likeness (QED) is 0.664. The lowest BCUT2D eigenvalue weighted by molar-refractivity contribution is -0.121. The molecule has 1 aromatic carbocycles. The fourth-order valence-corrected chi connectivity index (χ4v) is 2.40. The average molecular weight is 367 g/mol. The Kier molecular flexibility index (Phi) is 4.55. The summed E-state index contributed by atoms with van der Waals surface area (Å²) in [5.41, 5.74) is 0.342. The molecule has 8 heteroatoms. The number of nitrogens with one attached hydrogen (secondary N) is 1. The zero-order chi connectivity index (χ0) is 17.3. The van der Waals surface area contributed by atoms with Gasteiger partial charge in [0.15, 0.2) is 5.11 Å². The molecule has 124 valence electrons. The zero-order valence-electron chi connectivity index (χ0n) is 12.5. The molecule has 1 fully saturated rings. The van der Waals surface area contributed by atoms with E-state index in [-0.39, 0.29) is 17.5 Å². The number of thiocarbonyl (C=S) groups is 1. The topological polar surface area (TPSA) is 54.7 Å². The highest BCUT2D eigenvalue weighted by atomic mass is 35.5. The lowest BCUT2D eigenvalue weighted by atomic mass is 10.3. The summed E-state index contributed by atoms with van der Waals surface area (Å²) in [5.74, 6) is 0.725. The normalized spacial score (nSPS) is 16.0. The number of benzene rings is 1. The highest BCUT2D eigenvalue weighted by Gasteiger charge is 2.27. The largest absolute Gasteiger partial charge is 0.486 e. The minimum atomic E-state index is -0.507. The van der Waals surface area contributed by atoms with E-state index in [1.54, 1.807) is 25.3 Å². The van der Waals surface area contributed by atoms with Gasteiger partial charge in [-0.15, -0.1) is 0 Å². The van der Waals surface area contributed by atoms with E-state index in [0.29, 0.717) is 28.1 Å². The predicted molar refractivity (Wildman–Crippen MR) is 90.9 cm³/mol. The van der Waals surface area contributed by atoms with E-state index < -0.39 is 5.82 Å². The van der Waals surface area contributed by atoms with Crippen LogP contribution < -0.4 is 10.1 Å². The minimum absolute atomic E-state index is 0.0109. The van der Waals surface area contributed by atoms with Gasteiger partial charge in [0.1, 0.15) is 35.4 Å². The van der Waals surface area contributed by atoms with Gasteiger partial charge in [-0.2, -0.15) is 0 Å². The lowest BCUT2D eigenvalue weighted by Crippen LogP contribution is -2.25. The van der Waals surface area contributed by atoms with Crippen LogP contribution >= 0.6 is 23.8 Å². The van der Waals surface area contributed by atoms with Crippen LogP contribution in [0.5, 0.6) is 5.75 Å². The van der Waals surface area contributed by atoms with Crippen molar-refractivity contribution in [1.29, 1.82) is 0 Å². The first-order valence-corrected chi connectivity index (χ1v) is 7.70. The summed E-state index contributed by atoms with van der Waals surface area (Å²) in [7, 11) is 1.59. The number of ether oxygens (including phenoxy) is 1. The van der Waals surface area contributed by atoms with Gasteiger partial charge in [-0.05, 0) is 36.5 Å². The Balaban J connectivity index is 1.67. The number of halogens is 2. The molecule has 2 heterocycles. The Labute approximate surface area is 147 Å². The highest BCUT2D eigenvalue weighted by molar-refractivity contribution is 7.80. The summed E-state index contributed by atoms with van der Waals surface area (Å²) in [6.45, 7) is 0.144. The molecule has 0 atom stereocenters. The number of carbonyl (C=O) groups is 1. The first kappa shape index (κ1) is 16.5. The van der Waals surface area contributed by atoms with E-state index in [1.165, 1.54) is 23.1 Å². The van der Waals surface area contributed by atoms with Crippen molar-refractivity contribution in [2.24, 2.45) is 0 Å². The molecule has 1 N–H and O–H groups in total. The Hall–Kier alpha value is -2.38. The summed E-state index contributed by atoms with van der Waals surface area (Å²) >= 11 is 10.7. The van der Waals surface area contributed by atoms with E-state index in [1.807, 2.05) is 0 Å². The zero-order valence-corrected chi connectivity index (χ0v) is 14.1. The average Bonchev–Trinajstić information content (AvgIpc) is 3.10. The van der Waals surface area contributed by atoms with Gasteiger partial charge >= 0.3 is 0 Å². The second kappa shape index (κ2) is 6.62. The SMILES string of the molecule is CN1C(=O)/C(=C\c2ccc(COc3ccc(F)c(Cl)c3)o2)NC1=S. The molecule has 1 aromatic heterocycles. The molecule has 1 aliphatic rings. The third-order valence-corrected chi connectivity index (χ3v) is 3.99. The summed E-state index contributed by atoms with van der Waals surface area (Å²) in [6.07, 6.45) is 1.57. The fourth-order valence-electron chi connectivity index (χ4n) is 2.04. The summed E-state index contributed by atoms with van der Waals surface area (Å²) in [4.78, 5) is 13.2. The molecule has 0 aliphatic carbocycles. The molecule has 1 amide bonds. The number of hydrogen-bond donors (Lipinski definition) is 1. The van der Waals surface area contributed by atoms with E-state index in [0.717, 1.165) is 0 Å². The highest BCUT2D eigenvalue weighted by Crippen LogP contribution is 2.22. The molecule has 5 nitrogen and oxygen atoms in total. The minimum Gasteiger partial charge on any atom is -0.486 e. The number of hydrogen-bond acceptors (Lipinski definition) is 4. The van der Waals surface area contributed by atoms with Crippen LogP contribution in [0.3, 0.4) is 0 Å². The molecule has 0 saturated carbocycles. The van der Waals surface area contributed by atoms with Crippen molar-refractivity contribution in [2.75, 3.05) is 7.05 Å². The predicted octanol–water partition coefficient (Wildman–Crippen LogP) is 3.34. The molecule has 24 heavy (non-hydrogen) atoms. The number of carbonyl (C=O) groups excluding carboxylic acids is 1. The Bertz CT molecular complexity index is 850. The summed E-state index contributed by atoms with van der Waals surface area (Å²) < 4.78 is 24.2. The second-order valence-corrected chi connectivity index (χ2v) is 5.81. The maximum Gasteiger partial charge on any atom is 0.276 e. The molecule has 1 aliphatic heterocycles. The van der Waals surface area contributed by atoms with Crippen LogP contribution in [0.1, 0.15) is 11.5 Å². The van der Waals surface area contributed by atoms with Crippen LogP contribution in [0.2, 0.25) is 5.02 Å². The molecule has 0 spiro atoms. The molecular weight excluding hydrogens is 355 g/mol. The Morgan fingerprint density at radius 3 is 2.88 bits per heavy atom. The molecule has 0 bridgehead atoms. The van der Waals surface area contributed by atoms with Crippen molar-refractivity contribution in [1.82, 2.24) is 10.2 Å². The van der Waals surface area contributed by atoms with Gasteiger partial charge in [0.2, 0.25) is 0 Å². The molecule has 0 radical (unpaired) electrons. The lowest BCUT2D eigenvalue weighted by Gasteiger charge is -2.04. The second-order valence-electron chi connectivity index (χ2n) is 5.02. The van der Waals surface area contributed by atoms with Crippen LogP contribution in [0, 0.1) is 5.82 Å². The monoisotopic (exact) mass is 366 g/mol. The van der Waals surface area contributed by atoms with E-state index >= 15 is 0 Å². The fraction of sp³-hybridized carbons (Fsp3) is 0.125. The standard InChI is InChI=1S/C16H12ClFN2O3S/c1-20-15(21)14(19-16(20)24)7-10-2-3-11(23-10)8-22-9-4-5-13(18)12(17)6-9/h2-7H,8H2,1H3,(H,19,24)/b14-7+. The number of likely N-dealkylation sites (N-methyl/N-ethyl adjacent to an activating group) is 1. The number of amides is 1. The van der Waals surface area contributed by atoms with Gasteiger partial charge in [-0.1, -0.05) is 11.6 Å². The van der Waals surface area contributed by atoms with Crippen molar-refractivity contribution in [3.63, 3.8) is 0 Å². The van der Waals surface area contributed by atoms with Gasteiger partial charge in [0.05, 0.1) is 5.02 Å². The van der Waals surface area contributed by atoms with Crippen molar-refractivity contribution in [3.05, 3.63) is 58.4 Å². The Morgan fingerprint density at radius 1 is 1.42 bits per heavy atom. The summed E-state index contributed by atoms with van der Waals surface area (Å²) in [5, 5.41) is 3.14. The molecule has 3 rings (SSSR count). The summed E-state index contributed by atoms with van der Waals surface area (Å²) in [6, 6.07) is 7.52.